The van der Waals surface area contributed by atoms with Crippen molar-refractivity contribution < 1.29 is 23.5 Å². The van der Waals surface area contributed by atoms with Crippen molar-refractivity contribution >= 4 is 28.9 Å². The minimum absolute atomic E-state index is 0.0349. The lowest BCUT2D eigenvalue weighted by atomic mass is 9.77. The van der Waals surface area contributed by atoms with Gasteiger partial charge in [0.05, 0.1) is 6.42 Å². The summed E-state index contributed by atoms with van der Waals surface area (Å²) < 4.78 is 11.3. The van der Waals surface area contributed by atoms with Gasteiger partial charge in [-0.1, -0.05) is 44.2 Å². The molecule has 2 heterocycles. The second kappa shape index (κ2) is 10.4. The smallest absolute Gasteiger partial charge is 0.405 e. The number of likely N-dealkylation sites (tertiary alicyclic amines) is 1. The first-order chi connectivity index (χ1) is 15.9. The number of aromatic nitrogens is 1. The molecule has 0 spiro atoms. The van der Waals surface area contributed by atoms with Crippen molar-refractivity contribution in [2.75, 3.05) is 13.1 Å². The van der Waals surface area contributed by atoms with Crippen LogP contribution in [0.15, 0.2) is 28.7 Å². The van der Waals surface area contributed by atoms with E-state index < -0.39 is 11.7 Å². The average Bonchev–Trinajstić information content (AvgIpc) is 3.48. The zero-order chi connectivity index (χ0) is 23.3. The van der Waals surface area contributed by atoms with Gasteiger partial charge in [-0.2, -0.15) is 0 Å². The first kappa shape index (κ1) is 23.3. The van der Waals surface area contributed by atoms with Gasteiger partial charge in [-0.15, -0.1) is 0 Å². The summed E-state index contributed by atoms with van der Waals surface area (Å²) in [5.41, 5.74) is 5.54. The zero-order valence-electron chi connectivity index (χ0n) is 19.1. The largest absolute Gasteiger partial charge is 0.443 e. The highest BCUT2D eigenvalue weighted by Gasteiger charge is 2.41. The molecule has 1 aliphatic carbocycles. The highest BCUT2D eigenvalue weighted by atomic mass is 16.6. The fraction of sp³-hybridized carbons (Fsp3) is 0.600. The van der Waals surface area contributed by atoms with Crippen LogP contribution in [-0.2, 0) is 9.53 Å². The van der Waals surface area contributed by atoms with Crippen LogP contribution in [0.5, 0.6) is 0 Å². The van der Waals surface area contributed by atoms with Crippen LogP contribution in [0.2, 0.25) is 0 Å². The number of primary amides is 1. The Morgan fingerprint density at radius 3 is 2.52 bits per heavy atom. The van der Waals surface area contributed by atoms with Gasteiger partial charge in [0.25, 0.3) is 5.89 Å². The van der Waals surface area contributed by atoms with Gasteiger partial charge in [-0.05, 0) is 43.7 Å². The van der Waals surface area contributed by atoms with Crippen molar-refractivity contribution in [3.63, 3.8) is 0 Å². The fourth-order valence-electron chi connectivity index (χ4n) is 5.32. The summed E-state index contributed by atoms with van der Waals surface area (Å²) >= 11 is 0. The number of amides is 2. The molecule has 33 heavy (non-hydrogen) atoms. The predicted molar refractivity (Wildman–Crippen MR) is 123 cm³/mol. The Morgan fingerprint density at radius 1 is 1.09 bits per heavy atom. The molecule has 2 amide bonds. The molecule has 178 valence electrons. The molecule has 4 rings (SSSR count). The van der Waals surface area contributed by atoms with Crippen molar-refractivity contribution in [1.82, 2.24) is 9.88 Å². The van der Waals surface area contributed by atoms with E-state index in [1.807, 2.05) is 17.0 Å². The van der Waals surface area contributed by atoms with Gasteiger partial charge in [-0.3, -0.25) is 9.59 Å². The summed E-state index contributed by atoms with van der Waals surface area (Å²) in [6.07, 6.45) is 7.41. The van der Waals surface area contributed by atoms with Crippen LogP contribution in [-0.4, -0.2) is 46.4 Å². The molecule has 1 saturated carbocycles. The number of carbonyl (C=O) groups excluding carboxylic acids is 3. The Hall–Kier alpha value is -2.90. The number of ether oxygens (including phenoxy) is 1. The van der Waals surface area contributed by atoms with Crippen LogP contribution in [0.3, 0.4) is 0 Å². The van der Waals surface area contributed by atoms with E-state index in [-0.39, 0.29) is 36.8 Å². The van der Waals surface area contributed by atoms with E-state index in [0.29, 0.717) is 23.4 Å². The number of rotatable bonds is 9. The standard InChI is InChI=1S/C25H33N3O5/c26-24(31)33-25(16-18-8-2-1-3-9-18,17-22(30)28-14-6-7-15-28)13-12-20(29)23-27-19-10-4-5-11-21(19)32-23/h4-5,10-11,18H,1-3,6-9,12-17H2,(H2,26,31)/t25-/m0/s1. The lowest BCUT2D eigenvalue weighted by Crippen LogP contribution is -2.44. The first-order valence-electron chi connectivity index (χ1n) is 12.1. The molecule has 2 aliphatic rings. The second-order valence-corrected chi connectivity index (χ2v) is 9.49. The van der Waals surface area contributed by atoms with E-state index in [1.54, 1.807) is 12.1 Å². The topological polar surface area (TPSA) is 116 Å². The summed E-state index contributed by atoms with van der Waals surface area (Å²) in [4.78, 5) is 44.1. The molecule has 1 aromatic heterocycles. The van der Waals surface area contributed by atoms with Crippen LogP contribution >= 0.6 is 0 Å². The van der Waals surface area contributed by atoms with Gasteiger partial charge in [-0.25, -0.2) is 9.78 Å². The van der Waals surface area contributed by atoms with Gasteiger partial charge < -0.3 is 19.8 Å². The van der Waals surface area contributed by atoms with Crippen LogP contribution < -0.4 is 5.73 Å². The van der Waals surface area contributed by atoms with Crippen molar-refractivity contribution in [1.29, 1.82) is 0 Å². The lowest BCUT2D eigenvalue weighted by Gasteiger charge is -2.37. The van der Waals surface area contributed by atoms with E-state index in [1.165, 1.54) is 6.42 Å². The molecule has 0 unspecified atom stereocenters. The average molecular weight is 456 g/mol. The summed E-state index contributed by atoms with van der Waals surface area (Å²) in [7, 11) is 0. The second-order valence-electron chi connectivity index (χ2n) is 9.49. The van der Waals surface area contributed by atoms with Gasteiger partial charge in [0.1, 0.15) is 11.1 Å². The summed E-state index contributed by atoms with van der Waals surface area (Å²) in [5, 5.41) is 0. The lowest BCUT2D eigenvalue weighted by molar-refractivity contribution is -0.136. The molecule has 2 aromatic rings. The normalized spacial score (nSPS) is 18.8. The molecule has 1 aromatic carbocycles. The Balaban J connectivity index is 1.53. The number of Topliss-reactive ketones (excluding diaryl/α,β-unsaturated/α-hetero) is 1. The number of benzene rings is 1. The van der Waals surface area contributed by atoms with E-state index in [0.717, 1.165) is 51.6 Å². The minimum Gasteiger partial charge on any atom is -0.443 e. The molecule has 1 saturated heterocycles. The molecule has 8 nitrogen and oxygen atoms in total. The molecular weight excluding hydrogens is 422 g/mol. The number of nitrogens with zero attached hydrogens (tertiary/aromatic N) is 2. The SMILES string of the molecule is NC(=O)O[C@](CCC(=O)c1nc2ccccc2o1)(CC(=O)N1CCCC1)CC1CCCCC1. The number of ketones is 1. The maximum Gasteiger partial charge on any atom is 0.405 e. The number of hydrogen-bond acceptors (Lipinski definition) is 6. The quantitative estimate of drug-likeness (QED) is 0.552. The number of hydrogen-bond donors (Lipinski definition) is 1. The van der Waals surface area contributed by atoms with Gasteiger partial charge >= 0.3 is 6.09 Å². The monoisotopic (exact) mass is 455 g/mol. The van der Waals surface area contributed by atoms with Crippen LogP contribution in [0, 0.1) is 5.92 Å². The number of oxazole rings is 1. The maximum absolute atomic E-state index is 13.1. The number of para-hydroxylation sites is 2. The molecule has 1 atom stereocenters. The molecule has 1 aliphatic heterocycles. The first-order valence-corrected chi connectivity index (χ1v) is 12.1. The highest BCUT2D eigenvalue weighted by molar-refractivity contribution is 5.94. The number of fused-ring (bicyclic) bond motifs is 1. The summed E-state index contributed by atoms with van der Waals surface area (Å²) in [5.74, 6) is 0.0522. The van der Waals surface area contributed by atoms with Crippen molar-refractivity contribution in [3.8, 4) is 0 Å². The van der Waals surface area contributed by atoms with Crippen LogP contribution in [0.1, 0.15) is 81.3 Å². The highest BCUT2D eigenvalue weighted by Crippen LogP contribution is 2.38. The van der Waals surface area contributed by atoms with Gasteiger partial charge in [0.2, 0.25) is 11.7 Å². The maximum atomic E-state index is 13.1. The van der Waals surface area contributed by atoms with Crippen molar-refractivity contribution in [2.24, 2.45) is 11.7 Å². The molecule has 0 bridgehead atoms. The Morgan fingerprint density at radius 2 is 1.82 bits per heavy atom. The molecule has 2 N–H and O–H groups in total. The van der Waals surface area contributed by atoms with Crippen molar-refractivity contribution in [2.45, 2.75) is 76.2 Å². The zero-order valence-corrected chi connectivity index (χ0v) is 19.1. The number of nitrogens with two attached hydrogens (primary N) is 1. The predicted octanol–water partition coefficient (Wildman–Crippen LogP) is 4.61. The molecule has 0 radical (unpaired) electrons. The Kier molecular flexibility index (Phi) is 7.30. The van der Waals surface area contributed by atoms with Gasteiger partial charge in [0, 0.05) is 19.5 Å². The summed E-state index contributed by atoms with van der Waals surface area (Å²) in [6, 6.07) is 7.20. The third kappa shape index (κ3) is 5.92. The third-order valence-electron chi connectivity index (χ3n) is 6.97. The van der Waals surface area contributed by atoms with Crippen LogP contribution in [0.25, 0.3) is 11.1 Å². The third-order valence-corrected chi connectivity index (χ3v) is 6.97. The fourth-order valence-corrected chi connectivity index (χ4v) is 5.32. The van der Waals surface area contributed by atoms with E-state index in [9.17, 15) is 14.4 Å². The van der Waals surface area contributed by atoms with E-state index in [2.05, 4.69) is 4.98 Å². The molecule has 2 fully saturated rings. The van der Waals surface area contributed by atoms with E-state index in [4.69, 9.17) is 14.9 Å². The van der Waals surface area contributed by atoms with Crippen LogP contribution in [0.4, 0.5) is 4.79 Å². The van der Waals surface area contributed by atoms with E-state index >= 15 is 0 Å². The van der Waals surface area contributed by atoms with Gasteiger partial charge in [0.15, 0.2) is 5.58 Å². The Labute approximate surface area is 193 Å². The summed E-state index contributed by atoms with van der Waals surface area (Å²) in [6.45, 7) is 1.44. The minimum atomic E-state index is -1.10. The van der Waals surface area contributed by atoms with Crippen molar-refractivity contribution in [3.05, 3.63) is 30.2 Å². The molecule has 8 heteroatoms. The molecular formula is C25H33N3O5. The number of carbonyl (C=O) groups is 3. The Bertz CT molecular complexity index is 958.